The van der Waals surface area contributed by atoms with Crippen LogP contribution in [0.2, 0.25) is 5.02 Å². The summed E-state index contributed by atoms with van der Waals surface area (Å²) in [6, 6.07) is 1.80. The highest BCUT2D eigenvalue weighted by Gasteiger charge is 2.22. The van der Waals surface area contributed by atoms with Crippen LogP contribution in [-0.4, -0.2) is 11.6 Å². The molecular weight excluding hydrogens is 174 g/mol. The van der Waals surface area contributed by atoms with E-state index in [1.165, 1.54) is 12.8 Å². The molecule has 0 bridgehead atoms. The summed E-state index contributed by atoms with van der Waals surface area (Å²) in [4.78, 5) is 3.88. The first-order valence-electron chi connectivity index (χ1n) is 4.08. The molecule has 64 valence electrons. The Hall–Kier alpha value is -0.760. The summed E-state index contributed by atoms with van der Waals surface area (Å²) < 4.78 is 5.49. The third kappa shape index (κ3) is 1.89. The molecule has 1 aromatic heterocycles. The summed E-state index contributed by atoms with van der Waals surface area (Å²) in [6.45, 7) is 0.795. The van der Waals surface area contributed by atoms with Gasteiger partial charge >= 0.3 is 0 Å². The highest BCUT2D eigenvalue weighted by molar-refractivity contribution is 6.31. The smallest absolute Gasteiger partial charge is 0.141 e. The standard InChI is InChI=1S/C9H10ClNO/c10-8-5-11-4-3-9(8)12-6-7-1-2-7/h3-5,7H,1-2,6H2. The molecule has 0 spiro atoms. The lowest BCUT2D eigenvalue weighted by molar-refractivity contribution is 0.299. The molecule has 1 aliphatic carbocycles. The molecule has 0 unspecified atom stereocenters. The van der Waals surface area contributed by atoms with Gasteiger partial charge in [-0.05, 0) is 18.8 Å². The van der Waals surface area contributed by atoms with Crippen LogP contribution >= 0.6 is 11.6 Å². The molecule has 2 rings (SSSR count). The van der Waals surface area contributed by atoms with Crippen LogP contribution in [0.4, 0.5) is 0 Å². The number of rotatable bonds is 3. The van der Waals surface area contributed by atoms with Gasteiger partial charge in [0.05, 0.1) is 6.61 Å². The SMILES string of the molecule is Clc1cnccc1OCC1CC1. The number of halogens is 1. The topological polar surface area (TPSA) is 22.1 Å². The first-order valence-corrected chi connectivity index (χ1v) is 4.46. The van der Waals surface area contributed by atoms with Crippen molar-refractivity contribution in [3.8, 4) is 5.75 Å². The van der Waals surface area contributed by atoms with Crippen molar-refractivity contribution in [2.75, 3.05) is 6.61 Å². The van der Waals surface area contributed by atoms with Gasteiger partial charge in [-0.25, -0.2) is 0 Å². The van der Waals surface area contributed by atoms with Crippen molar-refractivity contribution >= 4 is 11.6 Å². The number of ether oxygens (including phenoxy) is 1. The van der Waals surface area contributed by atoms with E-state index in [-0.39, 0.29) is 0 Å². The Morgan fingerprint density at radius 1 is 1.58 bits per heavy atom. The van der Waals surface area contributed by atoms with E-state index in [1.54, 1.807) is 18.5 Å². The zero-order chi connectivity index (χ0) is 8.39. The van der Waals surface area contributed by atoms with Crippen LogP contribution in [0.25, 0.3) is 0 Å². The minimum absolute atomic E-state index is 0.596. The van der Waals surface area contributed by atoms with Crippen molar-refractivity contribution in [1.82, 2.24) is 4.98 Å². The fraction of sp³-hybridized carbons (Fsp3) is 0.444. The Morgan fingerprint density at radius 2 is 2.42 bits per heavy atom. The van der Waals surface area contributed by atoms with Crippen LogP contribution in [-0.2, 0) is 0 Å². The molecule has 1 fully saturated rings. The van der Waals surface area contributed by atoms with Crippen LogP contribution < -0.4 is 4.74 Å². The van der Waals surface area contributed by atoms with Gasteiger partial charge in [-0.1, -0.05) is 11.6 Å². The van der Waals surface area contributed by atoms with Gasteiger partial charge in [-0.2, -0.15) is 0 Å². The quantitative estimate of drug-likeness (QED) is 0.719. The lowest BCUT2D eigenvalue weighted by Gasteiger charge is -2.05. The highest BCUT2D eigenvalue weighted by Crippen LogP contribution is 2.31. The van der Waals surface area contributed by atoms with Gasteiger partial charge in [0.1, 0.15) is 10.8 Å². The second kappa shape index (κ2) is 3.31. The molecule has 0 radical (unpaired) electrons. The number of nitrogens with zero attached hydrogens (tertiary/aromatic N) is 1. The number of aromatic nitrogens is 1. The number of pyridine rings is 1. The first kappa shape index (κ1) is 7.87. The van der Waals surface area contributed by atoms with Crippen molar-refractivity contribution < 1.29 is 4.74 Å². The van der Waals surface area contributed by atoms with Crippen molar-refractivity contribution in [3.05, 3.63) is 23.5 Å². The fourth-order valence-electron chi connectivity index (χ4n) is 0.972. The summed E-state index contributed by atoms with van der Waals surface area (Å²) in [7, 11) is 0. The lowest BCUT2D eigenvalue weighted by atomic mass is 10.4. The van der Waals surface area contributed by atoms with E-state index in [2.05, 4.69) is 4.98 Å². The normalized spacial score (nSPS) is 16.1. The zero-order valence-corrected chi connectivity index (χ0v) is 7.42. The second-order valence-corrected chi connectivity index (χ2v) is 3.47. The van der Waals surface area contributed by atoms with Gasteiger partial charge in [0, 0.05) is 18.5 Å². The van der Waals surface area contributed by atoms with Crippen molar-refractivity contribution in [1.29, 1.82) is 0 Å². The molecule has 0 saturated heterocycles. The van der Waals surface area contributed by atoms with E-state index in [4.69, 9.17) is 16.3 Å². The predicted octanol–water partition coefficient (Wildman–Crippen LogP) is 2.52. The van der Waals surface area contributed by atoms with E-state index >= 15 is 0 Å². The van der Waals surface area contributed by atoms with Gasteiger partial charge in [0.15, 0.2) is 0 Å². The van der Waals surface area contributed by atoms with Crippen LogP contribution in [0, 0.1) is 5.92 Å². The van der Waals surface area contributed by atoms with Crippen molar-refractivity contribution in [2.45, 2.75) is 12.8 Å². The summed E-state index contributed by atoms with van der Waals surface area (Å²) in [6.07, 6.45) is 5.88. The molecule has 1 saturated carbocycles. The summed E-state index contributed by atoms with van der Waals surface area (Å²) >= 11 is 5.84. The fourth-order valence-corrected chi connectivity index (χ4v) is 1.15. The van der Waals surface area contributed by atoms with Crippen LogP contribution in [0.1, 0.15) is 12.8 Å². The molecule has 0 N–H and O–H groups in total. The van der Waals surface area contributed by atoms with Crippen molar-refractivity contribution in [3.63, 3.8) is 0 Å². The molecule has 0 atom stereocenters. The molecule has 1 heterocycles. The van der Waals surface area contributed by atoms with E-state index in [1.807, 2.05) is 0 Å². The van der Waals surface area contributed by atoms with E-state index in [0.29, 0.717) is 5.02 Å². The van der Waals surface area contributed by atoms with Crippen LogP contribution in [0.5, 0.6) is 5.75 Å². The maximum absolute atomic E-state index is 5.84. The number of hydrogen-bond donors (Lipinski definition) is 0. The van der Waals surface area contributed by atoms with E-state index in [9.17, 15) is 0 Å². The van der Waals surface area contributed by atoms with E-state index in [0.717, 1.165) is 18.3 Å². The average Bonchev–Trinajstić information content (AvgIpc) is 2.86. The highest BCUT2D eigenvalue weighted by atomic mass is 35.5. The summed E-state index contributed by atoms with van der Waals surface area (Å²) in [5.41, 5.74) is 0. The Morgan fingerprint density at radius 3 is 3.08 bits per heavy atom. The predicted molar refractivity (Wildman–Crippen MR) is 47.5 cm³/mol. The molecule has 0 amide bonds. The monoisotopic (exact) mass is 183 g/mol. The van der Waals surface area contributed by atoms with Crippen LogP contribution in [0.3, 0.4) is 0 Å². The van der Waals surface area contributed by atoms with Crippen molar-refractivity contribution in [2.24, 2.45) is 5.92 Å². The average molecular weight is 184 g/mol. The summed E-state index contributed by atoms with van der Waals surface area (Å²) in [5.74, 6) is 1.51. The molecule has 2 nitrogen and oxygen atoms in total. The first-order chi connectivity index (χ1) is 5.86. The summed E-state index contributed by atoms with van der Waals surface area (Å²) in [5, 5.41) is 0.596. The van der Waals surface area contributed by atoms with Gasteiger partial charge in [0.2, 0.25) is 0 Å². The molecule has 1 aliphatic rings. The lowest BCUT2D eigenvalue weighted by Crippen LogP contribution is -1.99. The van der Waals surface area contributed by atoms with Gasteiger partial charge in [-0.3, -0.25) is 4.98 Å². The molecule has 12 heavy (non-hydrogen) atoms. The number of hydrogen-bond acceptors (Lipinski definition) is 2. The third-order valence-electron chi connectivity index (χ3n) is 1.91. The van der Waals surface area contributed by atoms with E-state index < -0.39 is 0 Å². The molecule has 0 aromatic carbocycles. The Kier molecular flexibility index (Phi) is 2.17. The Bertz CT molecular complexity index is 273. The maximum Gasteiger partial charge on any atom is 0.141 e. The Balaban J connectivity index is 1.96. The van der Waals surface area contributed by atoms with Gasteiger partial charge < -0.3 is 4.74 Å². The zero-order valence-electron chi connectivity index (χ0n) is 6.66. The third-order valence-corrected chi connectivity index (χ3v) is 2.19. The minimum Gasteiger partial charge on any atom is -0.492 e. The van der Waals surface area contributed by atoms with Gasteiger partial charge in [0.25, 0.3) is 0 Å². The molecule has 1 aromatic rings. The van der Waals surface area contributed by atoms with Gasteiger partial charge in [-0.15, -0.1) is 0 Å². The molecule has 3 heteroatoms. The largest absolute Gasteiger partial charge is 0.492 e. The molecular formula is C9H10ClNO. The Labute approximate surface area is 76.5 Å². The van der Waals surface area contributed by atoms with Crippen LogP contribution in [0.15, 0.2) is 18.5 Å². The second-order valence-electron chi connectivity index (χ2n) is 3.06. The maximum atomic E-state index is 5.84. The molecule has 0 aliphatic heterocycles. The minimum atomic E-state index is 0.596.